The zero-order valence-corrected chi connectivity index (χ0v) is 10.6. The third-order valence-electron chi connectivity index (χ3n) is 3.55. The van der Waals surface area contributed by atoms with E-state index in [0.29, 0.717) is 5.41 Å². The highest BCUT2D eigenvalue weighted by molar-refractivity contribution is 5.24. The van der Waals surface area contributed by atoms with Crippen LogP contribution in [0.4, 0.5) is 0 Å². The zero-order valence-electron chi connectivity index (χ0n) is 10.6. The highest BCUT2D eigenvalue weighted by Gasteiger charge is 2.21. The molecule has 1 rings (SSSR count). The smallest absolute Gasteiger partial charge is 0.0140 e. The monoisotopic (exact) mass is 204 g/mol. The minimum atomic E-state index is 0.367. The van der Waals surface area contributed by atoms with E-state index in [2.05, 4.69) is 58.1 Å². The number of hydrogen-bond acceptors (Lipinski definition) is 0. The first-order valence-electron chi connectivity index (χ1n) is 6.14. The molecule has 1 aliphatic rings. The van der Waals surface area contributed by atoms with Crippen LogP contribution in [0.1, 0.15) is 47.0 Å². The summed E-state index contributed by atoms with van der Waals surface area (Å²) in [7, 11) is 0. The standard InChI is InChI=1S/C15H24/c1-5-14-10-9-13(3)8-7-11-15(4,6-2)12-14/h7-11,14H,5-6,12H2,1-4H3. The van der Waals surface area contributed by atoms with Gasteiger partial charge in [0, 0.05) is 0 Å². The van der Waals surface area contributed by atoms with Crippen molar-refractivity contribution in [2.45, 2.75) is 47.0 Å². The van der Waals surface area contributed by atoms with Crippen molar-refractivity contribution in [2.24, 2.45) is 11.3 Å². The second-order valence-electron chi connectivity index (χ2n) is 5.01. The van der Waals surface area contributed by atoms with Crippen molar-refractivity contribution in [1.29, 1.82) is 0 Å². The van der Waals surface area contributed by atoms with Crippen LogP contribution in [0.2, 0.25) is 0 Å². The lowest BCUT2D eigenvalue weighted by molar-refractivity contribution is 0.323. The van der Waals surface area contributed by atoms with E-state index >= 15 is 0 Å². The number of rotatable bonds is 2. The molecule has 0 aromatic rings. The summed E-state index contributed by atoms with van der Waals surface area (Å²) in [6.07, 6.45) is 15.2. The van der Waals surface area contributed by atoms with Gasteiger partial charge in [0.25, 0.3) is 0 Å². The molecule has 0 aromatic heterocycles. The Bertz CT molecular complexity index is 280. The van der Waals surface area contributed by atoms with Crippen LogP contribution in [0, 0.1) is 11.3 Å². The van der Waals surface area contributed by atoms with Gasteiger partial charge < -0.3 is 0 Å². The summed E-state index contributed by atoms with van der Waals surface area (Å²) >= 11 is 0. The lowest BCUT2D eigenvalue weighted by Crippen LogP contribution is -2.16. The summed E-state index contributed by atoms with van der Waals surface area (Å²) in [6, 6.07) is 0. The van der Waals surface area contributed by atoms with Gasteiger partial charge in [-0.2, -0.15) is 0 Å². The molecule has 2 atom stereocenters. The molecule has 0 bridgehead atoms. The van der Waals surface area contributed by atoms with Gasteiger partial charge in [-0.15, -0.1) is 0 Å². The fourth-order valence-electron chi connectivity index (χ4n) is 2.05. The average molecular weight is 204 g/mol. The molecule has 2 unspecified atom stereocenters. The molecule has 0 heterocycles. The second-order valence-corrected chi connectivity index (χ2v) is 5.01. The minimum absolute atomic E-state index is 0.367. The molecule has 0 saturated heterocycles. The van der Waals surface area contributed by atoms with Crippen LogP contribution in [-0.2, 0) is 0 Å². The lowest BCUT2D eigenvalue weighted by atomic mass is 9.78. The molecular formula is C15H24. The molecule has 0 aliphatic heterocycles. The Kier molecular flexibility index (Phi) is 4.38. The number of hydrogen-bond donors (Lipinski definition) is 0. The maximum atomic E-state index is 2.38. The Labute approximate surface area is 94.8 Å². The van der Waals surface area contributed by atoms with Gasteiger partial charge in [-0.05, 0) is 37.5 Å². The predicted molar refractivity (Wildman–Crippen MR) is 68.8 cm³/mol. The van der Waals surface area contributed by atoms with Crippen LogP contribution < -0.4 is 0 Å². The first-order chi connectivity index (χ1) is 7.09. The Hall–Kier alpha value is -0.780. The summed E-state index contributed by atoms with van der Waals surface area (Å²) < 4.78 is 0. The molecule has 0 amide bonds. The minimum Gasteiger partial charge on any atom is -0.0811 e. The van der Waals surface area contributed by atoms with Crippen molar-refractivity contribution in [3.63, 3.8) is 0 Å². The molecule has 0 nitrogen and oxygen atoms in total. The molecule has 1 aliphatic carbocycles. The SMILES string of the molecule is CCC1C=CC(C)=CC=CC(C)(CC)C1. The van der Waals surface area contributed by atoms with Gasteiger partial charge in [0.1, 0.15) is 0 Å². The van der Waals surface area contributed by atoms with Gasteiger partial charge in [0.05, 0.1) is 0 Å². The second kappa shape index (κ2) is 5.34. The summed E-state index contributed by atoms with van der Waals surface area (Å²) in [5.74, 6) is 0.723. The third kappa shape index (κ3) is 3.70. The van der Waals surface area contributed by atoms with Gasteiger partial charge in [-0.1, -0.05) is 56.7 Å². The quantitative estimate of drug-likeness (QED) is 0.600. The molecule has 0 saturated carbocycles. The largest absolute Gasteiger partial charge is 0.0811 e. The summed E-state index contributed by atoms with van der Waals surface area (Å²) in [6.45, 7) is 9.11. The van der Waals surface area contributed by atoms with Crippen molar-refractivity contribution in [3.05, 3.63) is 36.0 Å². The zero-order chi connectivity index (χ0) is 11.3. The average Bonchev–Trinajstić information content (AvgIpc) is 2.30. The molecule has 0 aromatic carbocycles. The molecule has 0 spiro atoms. The molecule has 0 fully saturated rings. The van der Waals surface area contributed by atoms with Gasteiger partial charge in [0.15, 0.2) is 0 Å². The van der Waals surface area contributed by atoms with Gasteiger partial charge in [-0.3, -0.25) is 0 Å². The molecule has 0 heteroatoms. The van der Waals surface area contributed by atoms with Crippen molar-refractivity contribution in [2.75, 3.05) is 0 Å². The van der Waals surface area contributed by atoms with Gasteiger partial charge >= 0.3 is 0 Å². The maximum absolute atomic E-state index is 2.38. The molecule has 0 N–H and O–H groups in total. The van der Waals surface area contributed by atoms with Crippen LogP contribution in [0.15, 0.2) is 36.0 Å². The van der Waals surface area contributed by atoms with Crippen LogP contribution >= 0.6 is 0 Å². The van der Waals surface area contributed by atoms with Gasteiger partial charge in [-0.25, -0.2) is 0 Å². The van der Waals surface area contributed by atoms with Crippen LogP contribution in [0.5, 0.6) is 0 Å². The molecule has 0 radical (unpaired) electrons. The van der Waals surface area contributed by atoms with Gasteiger partial charge in [0.2, 0.25) is 0 Å². The molecule has 84 valence electrons. The van der Waals surface area contributed by atoms with Crippen molar-refractivity contribution < 1.29 is 0 Å². The van der Waals surface area contributed by atoms with E-state index in [-0.39, 0.29) is 0 Å². The summed E-state index contributed by atoms with van der Waals surface area (Å²) in [5, 5.41) is 0. The van der Waals surface area contributed by atoms with E-state index in [4.69, 9.17) is 0 Å². The Balaban J connectivity index is 2.94. The van der Waals surface area contributed by atoms with Crippen LogP contribution in [0.3, 0.4) is 0 Å². The van der Waals surface area contributed by atoms with E-state index in [1.165, 1.54) is 24.8 Å². The maximum Gasteiger partial charge on any atom is -0.0140 e. The van der Waals surface area contributed by atoms with Crippen LogP contribution in [0.25, 0.3) is 0 Å². The Morgan fingerprint density at radius 1 is 1.40 bits per heavy atom. The first kappa shape index (κ1) is 12.3. The van der Waals surface area contributed by atoms with Crippen molar-refractivity contribution >= 4 is 0 Å². The highest BCUT2D eigenvalue weighted by Crippen LogP contribution is 2.34. The lowest BCUT2D eigenvalue weighted by Gasteiger charge is -2.27. The first-order valence-corrected chi connectivity index (χ1v) is 6.14. The molecule has 15 heavy (non-hydrogen) atoms. The van der Waals surface area contributed by atoms with E-state index < -0.39 is 0 Å². The predicted octanol–water partition coefficient (Wildman–Crippen LogP) is 4.89. The normalized spacial score (nSPS) is 31.7. The van der Waals surface area contributed by atoms with E-state index in [1.807, 2.05) is 0 Å². The summed E-state index contributed by atoms with van der Waals surface area (Å²) in [5.41, 5.74) is 1.72. The summed E-state index contributed by atoms with van der Waals surface area (Å²) in [4.78, 5) is 0. The van der Waals surface area contributed by atoms with Crippen molar-refractivity contribution in [1.82, 2.24) is 0 Å². The van der Waals surface area contributed by atoms with Crippen molar-refractivity contribution in [3.8, 4) is 0 Å². The highest BCUT2D eigenvalue weighted by atomic mass is 14.3. The molecular weight excluding hydrogens is 180 g/mol. The number of allylic oxidation sites excluding steroid dienone is 6. The third-order valence-corrected chi connectivity index (χ3v) is 3.55. The van der Waals surface area contributed by atoms with Crippen LogP contribution in [-0.4, -0.2) is 0 Å². The van der Waals surface area contributed by atoms with E-state index in [0.717, 1.165) is 5.92 Å². The fraction of sp³-hybridized carbons (Fsp3) is 0.600. The topological polar surface area (TPSA) is 0 Å². The van der Waals surface area contributed by atoms with E-state index in [9.17, 15) is 0 Å². The van der Waals surface area contributed by atoms with E-state index in [1.54, 1.807) is 0 Å². The Morgan fingerprint density at radius 3 is 2.73 bits per heavy atom. The fourth-order valence-corrected chi connectivity index (χ4v) is 2.05. The Morgan fingerprint density at radius 2 is 2.13 bits per heavy atom.